The maximum atomic E-state index is 12.4. The van der Waals surface area contributed by atoms with E-state index < -0.39 is 6.10 Å². The molecule has 0 aliphatic rings. The van der Waals surface area contributed by atoms with Crippen molar-refractivity contribution in [2.75, 3.05) is 6.54 Å². The third kappa shape index (κ3) is 3.21. The fourth-order valence-electron chi connectivity index (χ4n) is 2.16. The third-order valence-electron chi connectivity index (χ3n) is 3.76. The Balaban J connectivity index is 2.21. The molecule has 0 aliphatic carbocycles. The first kappa shape index (κ1) is 15.4. The Bertz CT molecular complexity index is 651. The molecule has 0 bridgehead atoms. The van der Waals surface area contributed by atoms with Crippen LogP contribution in [0.25, 0.3) is 11.1 Å². The van der Waals surface area contributed by atoms with Gasteiger partial charge in [-0.15, -0.1) is 0 Å². The van der Waals surface area contributed by atoms with E-state index in [2.05, 4.69) is 15.5 Å². The Labute approximate surface area is 123 Å². The first-order valence-electron chi connectivity index (χ1n) is 7.14. The summed E-state index contributed by atoms with van der Waals surface area (Å²) >= 11 is 0. The molecule has 6 heteroatoms. The van der Waals surface area contributed by atoms with Crippen LogP contribution in [0.4, 0.5) is 0 Å². The number of aryl methyl sites for hydroxylation is 2. The van der Waals surface area contributed by atoms with Crippen molar-refractivity contribution >= 4 is 17.0 Å². The molecular weight excluding hydrogens is 270 g/mol. The Kier molecular flexibility index (Phi) is 4.57. The average Bonchev–Trinajstić information content (AvgIpc) is 2.83. The molecule has 6 nitrogen and oxygen atoms in total. The average molecular weight is 291 g/mol. The van der Waals surface area contributed by atoms with Crippen molar-refractivity contribution in [3.63, 3.8) is 0 Å². The van der Waals surface area contributed by atoms with Gasteiger partial charge < -0.3 is 14.9 Å². The Morgan fingerprint density at radius 2 is 2.19 bits per heavy atom. The molecule has 2 N–H and O–H groups in total. The summed E-state index contributed by atoms with van der Waals surface area (Å²) in [4.78, 5) is 16.6. The zero-order valence-corrected chi connectivity index (χ0v) is 12.8. The predicted molar refractivity (Wildman–Crippen MR) is 79.1 cm³/mol. The van der Waals surface area contributed by atoms with Crippen LogP contribution in [-0.4, -0.2) is 33.8 Å². The molecule has 0 aliphatic heterocycles. The number of aliphatic hydroxyl groups is 1. The number of nitrogens with one attached hydrogen (secondary N) is 1. The molecule has 2 rings (SSSR count). The van der Waals surface area contributed by atoms with Crippen LogP contribution in [-0.2, 0) is 0 Å². The van der Waals surface area contributed by atoms with Gasteiger partial charge in [-0.05, 0) is 25.8 Å². The summed E-state index contributed by atoms with van der Waals surface area (Å²) in [6.07, 6.45) is 0.307. The van der Waals surface area contributed by atoms with Crippen LogP contribution in [0.1, 0.15) is 42.0 Å². The lowest BCUT2D eigenvalue weighted by molar-refractivity contribution is 0.0851. The summed E-state index contributed by atoms with van der Waals surface area (Å²) in [7, 11) is 0. The lowest BCUT2D eigenvalue weighted by Gasteiger charge is -2.17. The maximum Gasteiger partial charge on any atom is 0.258 e. The van der Waals surface area contributed by atoms with E-state index in [1.807, 2.05) is 13.8 Å². The first-order chi connectivity index (χ1) is 9.93. The summed E-state index contributed by atoms with van der Waals surface area (Å²) in [5.74, 6) is -0.110. The molecule has 2 unspecified atom stereocenters. The lowest BCUT2D eigenvalue weighted by Crippen LogP contribution is -2.35. The number of aliphatic hydroxyl groups excluding tert-OH is 1. The molecule has 0 aromatic carbocycles. The van der Waals surface area contributed by atoms with E-state index >= 15 is 0 Å². The summed E-state index contributed by atoms with van der Waals surface area (Å²) in [5, 5.41) is 17.2. The molecular formula is C15H21N3O3. The molecule has 2 atom stereocenters. The summed E-state index contributed by atoms with van der Waals surface area (Å²) in [6, 6.07) is 1.71. The van der Waals surface area contributed by atoms with Crippen LogP contribution in [0.3, 0.4) is 0 Å². The predicted octanol–water partition coefficient (Wildman–Crippen LogP) is 1.98. The van der Waals surface area contributed by atoms with E-state index in [0.717, 1.165) is 6.42 Å². The summed E-state index contributed by atoms with van der Waals surface area (Å²) in [6.45, 7) is 7.75. The second-order valence-electron chi connectivity index (χ2n) is 5.42. The van der Waals surface area contributed by atoms with Crippen LogP contribution >= 0.6 is 0 Å². The van der Waals surface area contributed by atoms with Gasteiger partial charge in [0.25, 0.3) is 11.6 Å². The Hall–Kier alpha value is -1.95. The van der Waals surface area contributed by atoms with Crippen molar-refractivity contribution in [3.8, 4) is 0 Å². The van der Waals surface area contributed by atoms with Gasteiger partial charge in [-0.1, -0.05) is 25.4 Å². The Morgan fingerprint density at radius 1 is 1.48 bits per heavy atom. The number of pyridine rings is 1. The minimum Gasteiger partial charge on any atom is -0.391 e. The van der Waals surface area contributed by atoms with Gasteiger partial charge in [0.05, 0.1) is 22.7 Å². The monoisotopic (exact) mass is 291 g/mol. The molecule has 114 valence electrons. The van der Waals surface area contributed by atoms with Crippen LogP contribution in [0, 0.1) is 19.8 Å². The van der Waals surface area contributed by atoms with E-state index in [9.17, 15) is 9.90 Å². The van der Waals surface area contributed by atoms with Crippen molar-refractivity contribution in [3.05, 3.63) is 23.0 Å². The van der Waals surface area contributed by atoms with Crippen LogP contribution in [0.15, 0.2) is 10.6 Å². The molecule has 0 radical (unpaired) electrons. The van der Waals surface area contributed by atoms with Gasteiger partial charge in [0.2, 0.25) is 0 Å². The van der Waals surface area contributed by atoms with Crippen molar-refractivity contribution in [2.24, 2.45) is 5.92 Å². The van der Waals surface area contributed by atoms with Crippen LogP contribution in [0.2, 0.25) is 0 Å². The highest BCUT2D eigenvalue weighted by Gasteiger charge is 2.19. The summed E-state index contributed by atoms with van der Waals surface area (Å²) < 4.78 is 5.11. The quantitative estimate of drug-likeness (QED) is 0.879. The number of aromatic nitrogens is 2. The standard InChI is InChI=1S/C15H21N3O3/c1-5-8(2)12(19)7-16-14(20)11-6-9(3)17-15-13(11)10(4)18-21-15/h6,8,12,19H,5,7H2,1-4H3,(H,16,20). The normalized spacial score (nSPS) is 14.1. The molecule has 2 aromatic heterocycles. The number of hydrogen-bond acceptors (Lipinski definition) is 5. The number of nitrogens with zero attached hydrogens (tertiary/aromatic N) is 2. The molecule has 0 fully saturated rings. The van der Waals surface area contributed by atoms with Crippen LogP contribution < -0.4 is 5.32 Å². The van der Waals surface area contributed by atoms with Crippen LogP contribution in [0.5, 0.6) is 0 Å². The van der Waals surface area contributed by atoms with Gasteiger partial charge in [-0.25, -0.2) is 4.98 Å². The SMILES string of the molecule is CCC(C)C(O)CNC(=O)c1cc(C)nc2onc(C)c12. The largest absolute Gasteiger partial charge is 0.391 e. The van der Waals surface area contributed by atoms with Gasteiger partial charge in [-0.2, -0.15) is 0 Å². The molecule has 2 heterocycles. The number of carbonyl (C=O) groups is 1. The number of amides is 1. The molecule has 0 saturated carbocycles. The zero-order chi connectivity index (χ0) is 15.6. The van der Waals surface area contributed by atoms with Gasteiger partial charge in [0.1, 0.15) is 0 Å². The second kappa shape index (κ2) is 6.22. The van der Waals surface area contributed by atoms with Gasteiger partial charge in [0, 0.05) is 12.2 Å². The second-order valence-corrected chi connectivity index (χ2v) is 5.42. The highest BCUT2D eigenvalue weighted by molar-refractivity contribution is 6.06. The number of rotatable bonds is 5. The number of hydrogen-bond donors (Lipinski definition) is 2. The topological polar surface area (TPSA) is 88.2 Å². The van der Waals surface area contributed by atoms with Crippen molar-refractivity contribution in [1.82, 2.24) is 15.5 Å². The van der Waals surface area contributed by atoms with E-state index in [0.29, 0.717) is 28.1 Å². The zero-order valence-electron chi connectivity index (χ0n) is 12.8. The molecule has 2 aromatic rings. The van der Waals surface area contributed by atoms with Gasteiger partial charge in [0.15, 0.2) is 0 Å². The van der Waals surface area contributed by atoms with Gasteiger partial charge >= 0.3 is 0 Å². The number of carbonyl (C=O) groups excluding carboxylic acids is 1. The highest BCUT2D eigenvalue weighted by atomic mass is 16.5. The molecule has 0 saturated heterocycles. The molecule has 21 heavy (non-hydrogen) atoms. The fourth-order valence-corrected chi connectivity index (χ4v) is 2.16. The maximum absolute atomic E-state index is 12.4. The minimum atomic E-state index is -0.555. The number of fused-ring (bicyclic) bond motifs is 1. The molecule has 1 amide bonds. The van der Waals surface area contributed by atoms with E-state index in [1.54, 1.807) is 19.9 Å². The van der Waals surface area contributed by atoms with Gasteiger partial charge in [-0.3, -0.25) is 4.79 Å². The molecule has 0 spiro atoms. The minimum absolute atomic E-state index is 0.141. The van der Waals surface area contributed by atoms with Crippen molar-refractivity contribution < 1.29 is 14.4 Å². The summed E-state index contributed by atoms with van der Waals surface area (Å²) in [5.41, 5.74) is 2.16. The van der Waals surface area contributed by atoms with Crippen molar-refractivity contribution in [2.45, 2.75) is 40.2 Å². The van der Waals surface area contributed by atoms with E-state index in [-0.39, 0.29) is 18.4 Å². The Morgan fingerprint density at radius 3 is 2.86 bits per heavy atom. The third-order valence-corrected chi connectivity index (χ3v) is 3.76. The lowest BCUT2D eigenvalue weighted by atomic mass is 10.0. The highest BCUT2D eigenvalue weighted by Crippen LogP contribution is 2.21. The smallest absolute Gasteiger partial charge is 0.258 e. The van der Waals surface area contributed by atoms with E-state index in [1.165, 1.54) is 0 Å². The van der Waals surface area contributed by atoms with E-state index in [4.69, 9.17) is 4.52 Å². The first-order valence-corrected chi connectivity index (χ1v) is 7.14. The fraction of sp³-hybridized carbons (Fsp3) is 0.533. The van der Waals surface area contributed by atoms with Crippen molar-refractivity contribution in [1.29, 1.82) is 0 Å².